The van der Waals surface area contributed by atoms with E-state index in [4.69, 9.17) is 11.0 Å². The predicted molar refractivity (Wildman–Crippen MR) is 67.7 cm³/mol. The minimum Gasteiger partial charge on any atom is -0.356 e. The number of pyridine rings is 1. The van der Waals surface area contributed by atoms with Crippen molar-refractivity contribution in [1.29, 1.82) is 5.26 Å². The van der Waals surface area contributed by atoms with E-state index < -0.39 is 0 Å². The van der Waals surface area contributed by atoms with Crippen molar-refractivity contribution in [2.24, 2.45) is 11.7 Å². The second-order valence-corrected chi connectivity index (χ2v) is 4.60. The van der Waals surface area contributed by atoms with Gasteiger partial charge in [-0.15, -0.1) is 0 Å². The molecular formula is C13H18N4. The quantitative estimate of drug-likeness (QED) is 0.834. The maximum Gasteiger partial charge on any atom is 0.128 e. The molecule has 0 radical (unpaired) electrons. The van der Waals surface area contributed by atoms with Gasteiger partial charge in [-0.1, -0.05) is 0 Å². The lowest BCUT2D eigenvalue weighted by Gasteiger charge is -2.33. The highest BCUT2D eigenvalue weighted by atomic mass is 15.2. The van der Waals surface area contributed by atoms with Gasteiger partial charge in [0.05, 0.1) is 11.3 Å². The molecule has 0 aliphatic carbocycles. The van der Waals surface area contributed by atoms with Crippen molar-refractivity contribution in [3.8, 4) is 6.07 Å². The van der Waals surface area contributed by atoms with Gasteiger partial charge in [-0.3, -0.25) is 0 Å². The van der Waals surface area contributed by atoms with E-state index >= 15 is 0 Å². The van der Waals surface area contributed by atoms with E-state index in [1.165, 1.54) is 12.8 Å². The largest absolute Gasteiger partial charge is 0.356 e. The third-order valence-corrected chi connectivity index (χ3v) is 3.37. The van der Waals surface area contributed by atoms with Crippen LogP contribution in [0.5, 0.6) is 0 Å². The lowest BCUT2D eigenvalue weighted by atomic mass is 9.98. The average Bonchev–Trinajstić information content (AvgIpc) is 2.38. The molecule has 1 saturated heterocycles. The first kappa shape index (κ1) is 11.9. The first-order valence-corrected chi connectivity index (χ1v) is 6.07. The number of hydrogen-bond donors (Lipinski definition) is 1. The first-order chi connectivity index (χ1) is 8.24. The molecule has 1 aliphatic heterocycles. The summed E-state index contributed by atoms with van der Waals surface area (Å²) in [5.41, 5.74) is 7.19. The highest BCUT2D eigenvalue weighted by molar-refractivity contribution is 5.45. The number of piperidine rings is 1. The van der Waals surface area contributed by atoms with E-state index in [2.05, 4.69) is 16.0 Å². The molecule has 1 fully saturated rings. The van der Waals surface area contributed by atoms with Crippen molar-refractivity contribution < 1.29 is 0 Å². The molecule has 0 saturated carbocycles. The Morgan fingerprint density at radius 3 is 3.06 bits per heavy atom. The average molecular weight is 230 g/mol. The topological polar surface area (TPSA) is 65.9 Å². The Morgan fingerprint density at radius 1 is 1.59 bits per heavy atom. The van der Waals surface area contributed by atoms with Gasteiger partial charge in [0.15, 0.2) is 0 Å². The number of nitrogens with two attached hydrogens (primary N) is 1. The van der Waals surface area contributed by atoms with Gasteiger partial charge < -0.3 is 10.6 Å². The Morgan fingerprint density at radius 2 is 2.41 bits per heavy atom. The summed E-state index contributed by atoms with van der Waals surface area (Å²) in [7, 11) is 0. The van der Waals surface area contributed by atoms with Crippen LogP contribution in [-0.2, 0) is 0 Å². The van der Waals surface area contributed by atoms with Crippen LogP contribution in [0.2, 0.25) is 0 Å². The van der Waals surface area contributed by atoms with Crippen LogP contribution in [-0.4, -0.2) is 24.6 Å². The van der Waals surface area contributed by atoms with Crippen molar-refractivity contribution >= 4 is 5.82 Å². The summed E-state index contributed by atoms with van der Waals surface area (Å²) >= 11 is 0. The summed E-state index contributed by atoms with van der Waals surface area (Å²) in [5.74, 6) is 1.54. The summed E-state index contributed by atoms with van der Waals surface area (Å²) in [6.07, 6.45) is 2.38. The lowest BCUT2D eigenvalue weighted by Crippen LogP contribution is -2.38. The summed E-state index contributed by atoms with van der Waals surface area (Å²) in [4.78, 5) is 6.77. The Hall–Kier alpha value is -1.60. The summed E-state index contributed by atoms with van der Waals surface area (Å²) < 4.78 is 0. The highest BCUT2D eigenvalue weighted by Gasteiger charge is 2.19. The van der Waals surface area contributed by atoms with Gasteiger partial charge in [-0.25, -0.2) is 4.98 Å². The number of aryl methyl sites for hydroxylation is 1. The Kier molecular flexibility index (Phi) is 3.60. The number of hydrogen-bond acceptors (Lipinski definition) is 4. The normalized spacial score (nSPS) is 20.1. The number of nitrogens with zero attached hydrogens (tertiary/aromatic N) is 3. The van der Waals surface area contributed by atoms with Gasteiger partial charge in [-0.05, 0) is 44.4 Å². The standard InChI is InChI=1S/C13H18N4/c1-10-12(8-15)4-5-13(16-10)17-6-2-3-11(7-14)9-17/h4-5,11H,2-3,6-7,9,14H2,1H3. The molecule has 4 nitrogen and oxygen atoms in total. The molecule has 1 atom stereocenters. The molecule has 1 unspecified atom stereocenters. The van der Waals surface area contributed by atoms with E-state index in [0.29, 0.717) is 11.5 Å². The third-order valence-electron chi connectivity index (χ3n) is 3.37. The monoisotopic (exact) mass is 230 g/mol. The minimum absolute atomic E-state index is 0.571. The second kappa shape index (κ2) is 5.15. The van der Waals surface area contributed by atoms with Gasteiger partial charge in [0.25, 0.3) is 0 Å². The zero-order valence-electron chi connectivity index (χ0n) is 10.2. The fourth-order valence-corrected chi connectivity index (χ4v) is 2.31. The second-order valence-electron chi connectivity index (χ2n) is 4.60. The van der Waals surface area contributed by atoms with Crippen LogP contribution in [0.1, 0.15) is 24.1 Å². The van der Waals surface area contributed by atoms with Crippen molar-refractivity contribution in [3.63, 3.8) is 0 Å². The SMILES string of the molecule is Cc1nc(N2CCCC(CN)C2)ccc1C#N. The molecule has 2 heterocycles. The van der Waals surface area contributed by atoms with Crippen molar-refractivity contribution in [3.05, 3.63) is 23.4 Å². The smallest absolute Gasteiger partial charge is 0.128 e. The van der Waals surface area contributed by atoms with Gasteiger partial charge in [0.1, 0.15) is 11.9 Å². The first-order valence-electron chi connectivity index (χ1n) is 6.07. The molecule has 1 aromatic rings. The van der Waals surface area contributed by atoms with Crippen LogP contribution in [0, 0.1) is 24.2 Å². The van der Waals surface area contributed by atoms with Gasteiger partial charge in [-0.2, -0.15) is 5.26 Å². The van der Waals surface area contributed by atoms with Gasteiger partial charge in [0.2, 0.25) is 0 Å². The Balaban J connectivity index is 2.17. The number of anilines is 1. The maximum absolute atomic E-state index is 8.88. The van der Waals surface area contributed by atoms with Crippen LogP contribution in [0.15, 0.2) is 12.1 Å². The molecular weight excluding hydrogens is 212 g/mol. The van der Waals surface area contributed by atoms with Crippen LogP contribution in [0.25, 0.3) is 0 Å². The molecule has 17 heavy (non-hydrogen) atoms. The summed E-state index contributed by atoms with van der Waals surface area (Å²) in [6, 6.07) is 5.93. The Labute approximate surface area is 102 Å². The fourth-order valence-electron chi connectivity index (χ4n) is 2.31. The zero-order valence-corrected chi connectivity index (χ0v) is 10.2. The van der Waals surface area contributed by atoms with E-state index in [9.17, 15) is 0 Å². The maximum atomic E-state index is 8.88. The van der Waals surface area contributed by atoms with Crippen LogP contribution in [0.4, 0.5) is 5.82 Å². The van der Waals surface area contributed by atoms with Crippen molar-refractivity contribution in [2.45, 2.75) is 19.8 Å². The number of rotatable bonds is 2. The molecule has 0 amide bonds. The van der Waals surface area contributed by atoms with Gasteiger partial charge >= 0.3 is 0 Å². The van der Waals surface area contributed by atoms with Gasteiger partial charge in [0, 0.05) is 13.1 Å². The molecule has 1 aromatic heterocycles. The molecule has 4 heteroatoms. The zero-order chi connectivity index (χ0) is 12.3. The van der Waals surface area contributed by atoms with Crippen molar-refractivity contribution in [2.75, 3.05) is 24.5 Å². The van der Waals surface area contributed by atoms with Crippen molar-refractivity contribution in [1.82, 2.24) is 4.98 Å². The fraction of sp³-hybridized carbons (Fsp3) is 0.538. The summed E-state index contributed by atoms with van der Waals surface area (Å²) in [5, 5.41) is 8.88. The number of nitriles is 1. The predicted octanol–water partition coefficient (Wildman–Crippen LogP) is 1.44. The molecule has 2 N–H and O–H groups in total. The van der Waals surface area contributed by atoms with E-state index in [1.54, 1.807) is 0 Å². The van der Waals surface area contributed by atoms with Crippen LogP contribution >= 0.6 is 0 Å². The van der Waals surface area contributed by atoms with Crippen LogP contribution in [0.3, 0.4) is 0 Å². The number of aromatic nitrogens is 1. The van der Waals surface area contributed by atoms with E-state index in [-0.39, 0.29) is 0 Å². The molecule has 90 valence electrons. The third kappa shape index (κ3) is 2.56. The molecule has 2 rings (SSSR count). The van der Waals surface area contributed by atoms with Crippen LogP contribution < -0.4 is 10.6 Å². The Bertz CT molecular complexity index is 436. The minimum atomic E-state index is 0.571. The van der Waals surface area contributed by atoms with E-state index in [1.807, 2.05) is 19.1 Å². The molecule has 0 bridgehead atoms. The molecule has 0 aromatic carbocycles. The van der Waals surface area contributed by atoms with E-state index in [0.717, 1.165) is 31.1 Å². The molecule has 1 aliphatic rings. The summed E-state index contributed by atoms with van der Waals surface area (Å²) in [6.45, 7) is 4.64. The highest BCUT2D eigenvalue weighted by Crippen LogP contribution is 2.22. The lowest BCUT2D eigenvalue weighted by molar-refractivity contribution is 0.421. The molecule has 0 spiro atoms.